The first-order valence-electron chi connectivity index (χ1n) is 5.82. The van der Waals surface area contributed by atoms with E-state index in [0.29, 0.717) is 0 Å². The summed E-state index contributed by atoms with van der Waals surface area (Å²) in [6, 6.07) is 9.14. The van der Waals surface area contributed by atoms with E-state index >= 15 is 0 Å². The fraction of sp³-hybridized carbons (Fsp3) is 0.429. The van der Waals surface area contributed by atoms with Crippen LogP contribution >= 0.6 is 0 Å². The Morgan fingerprint density at radius 3 is 2.00 bits per heavy atom. The Morgan fingerprint density at radius 2 is 1.56 bits per heavy atom. The normalized spacial score (nSPS) is 12.1. The van der Waals surface area contributed by atoms with E-state index in [-0.39, 0.29) is 4.48 Å². The highest BCUT2D eigenvalue weighted by Crippen LogP contribution is 2.19. The minimum absolute atomic E-state index is 0.157. The van der Waals surface area contributed by atoms with Gasteiger partial charge in [0, 0.05) is 0 Å². The number of nitrogens with zero attached hydrogens (tertiary/aromatic N) is 1. The van der Waals surface area contributed by atoms with Crippen molar-refractivity contribution in [1.29, 1.82) is 0 Å². The summed E-state index contributed by atoms with van der Waals surface area (Å²) in [5.74, 6) is -1.40. The van der Waals surface area contributed by atoms with Crippen molar-refractivity contribution in [2.75, 3.05) is 14.1 Å². The Kier molecular flexibility index (Phi) is 3.92. The van der Waals surface area contributed by atoms with E-state index in [1.165, 1.54) is 0 Å². The van der Waals surface area contributed by atoms with Crippen LogP contribution in [0.15, 0.2) is 30.3 Å². The topological polar surface area (TPSA) is 43.4 Å². The molecular formula is C14H20NO3+. The van der Waals surface area contributed by atoms with Crippen molar-refractivity contribution in [3.8, 4) is 0 Å². The Morgan fingerprint density at radius 1 is 1.06 bits per heavy atom. The van der Waals surface area contributed by atoms with Crippen molar-refractivity contribution < 1.29 is 14.3 Å². The van der Waals surface area contributed by atoms with Crippen LogP contribution < -0.4 is 4.48 Å². The SMILES string of the molecule is CC(C)(C)OC(=O)C(=O)[N+](C)(C)c1ccccc1. The van der Waals surface area contributed by atoms with Gasteiger partial charge in [0.05, 0.1) is 14.1 Å². The first-order chi connectivity index (χ1) is 8.14. The lowest BCUT2D eigenvalue weighted by Crippen LogP contribution is -2.52. The van der Waals surface area contributed by atoms with Crippen molar-refractivity contribution in [1.82, 2.24) is 4.48 Å². The van der Waals surface area contributed by atoms with E-state index in [9.17, 15) is 9.59 Å². The fourth-order valence-corrected chi connectivity index (χ4v) is 1.47. The zero-order valence-corrected chi connectivity index (χ0v) is 11.6. The van der Waals surface area contributed by atoms with Crippen molar-refractivity contribution in [3.05, 3.63) is 30.3 Å². The third kappa shape index (κ3) is 3.40. The molecule has 4 nitrogen and oxygen atoms in total. The third-order valence-corrected chi connectivity index (χ3v) is 2.48. The summed E-state index contributed by atoms with van der Waals surface area (Å²) in [6.07, 6.45) is 0. The van der Waals surface area contributed by atoms with Crippen molar-refractivity contribution in [3.63, 3.8) is 0 Å². The van der Waals surface area contributed by atoms with Gasteiger partial charge in [-0.15, -0.1) is 0 Å². The number of benzene rings is 1. The summed E-state index contributed by atoms with van der Waals surface area (Å²) in [5.41, 5.74) is 0.0806. The molecule has 0 aromatic heterocycles. The van der Waals surface area contributed by atoms with Gasteiger partial charge in [-0.1, -0.05) is 18.2 Å². The molecule has 0 saturated carbocycles. The van der Waals surface area contributed by atoms with Crippen LogP contribution in [0.1, 0.15) is 20.8 Å². The van der Waals surface area contributed by atoms with E-state index in [2.05, 4.69) is 0 Å². The molecule has 98 valence electrons. The molecule has 0 fully saturated rings. The summed E-state index contributed by atoms with van der Waals surface area (Å²) in [5, 5.41) is 0. The first kappa shape index (κ1) is 14.4. The van der Waals surface area contributed by atoms with Crippen LogP contribution in [0.3, 0.4) is 0 Å². The fourth-order valence-electron chi connectivity index (χ4n) is 1.47. The van der Waals surface area contributed by atoms with Gasteiger partial charge >= 0.3 is 11.9 Å². The standard InChI is InChI=1S/C14H20NO3/c1-14(2,3)18-13(17)12(16)15(4,5)11-9-7-6-8-10-11/h6-10H,1-5H3/q+1. The molecule has 0 N–H and O–H groups in total. The van der Waals surface area contributed by atoms with Crippen LogP contribution in [0.25, 0.3) is 0 Å². The average molecular weight is 250 g/mol. The molecule has 0 radical (unpaired) electrons. The summed E-state index contributed by atoms with van der Waals surface area (Å²) in [6.45, 7) is 5.21. The number of likely N-dealkylation sites (N-methyl/N-ethyl adjacent to an activating group) is 1. The molecule has 18 heavy (non-hydrogen) atoms. The van der Waals surface area contributed by atoms with Gasteiger partial charge in [-0.2, -0.15) is 0 Å². The summed E-state index contributed by atoms with van der Waals surface area (Å²) in [4.78, 5) is 23.9. The van der Waals surface area contributed by atoms with Gasteiger partial charge < -0.3 is 4.74 Å². The van der Waals surface area contributed by atoms with Crippen molar-refractivity contribution in [2.24, 2.45) is 0 Å². The van der Waals surface area contributed by atoms with Crippen LogP contribution in [-0.4, -0.2) is 31.6 Å². The molecule has 1 amide bonds. The van der Waals surface area contributed by atoms with E-state index in [1.807, 2.05) is 30.3 Å². The highest BCUT2D eigenvalue weighted by atomic mass is 16.6. The lowest BCUT2D eigenvalue weighted by Gasteiger charge is -2.27. The number of ether oxygens (including phenoxy) is 1. The number of para-hydroxylation sites is 1. The molecule has 1 aromatic carbocycles. The number of rotatable bonds is 1. The second-order valence-electron chi connectivity index (χ2n) is 5.60. The van der Waals surface area contributed by atoms with Crippen molar-refractivity contribution in [2.45, 2.75) is 26.4 Å². The Bertz CT molecular complexity index is 444. The minimum atomic E-state index is -0.809. The Hall–Kier alpha value is -1.68. The number of hydrogen-bond acceptors (Lipinski definition) is 3. The molecule has 0 aliphatic rings. The summed E-state index contributed by atoms with van der Waals surface area (Å²) in [7, 11) is 3.34. The number of hydrogen-bond donors (Lipinski definition) is 0. The van der Waals surface area contributed by atoms with Crippen molar-refractivity contribution >= 4 is 17.6 Å². The number of esters is 1. The predicted molar refractivity (Wildman–Crippen MR) is 70.9 cm³/mol. The maximum absolute atomic E-state index is 12.1. The van der Waals surface area contributed by atoms with Gasteiger partial charge in [-0.05, 0) is 32.9 Å². The van der Waals surface area contributed by atoms with Gasteiger partial charge in [0.1, 0.15) is 11.3 Å². The largest absolute Gasteiger partial charge is 0.450 e. The molecule has 1 aromatic rings. The minimum Gasteiger partial charge on any atom is -0.450 e. The predicted octanol–water partition coefficient (Wildman–Crippen LogP) is 2.12. The number of amides is 1. The van der Waals surface area contributed by atoms with Gasteiger partial charge in [0.2, 0.25) is 0 Å². The second-order valence-corrected chi connectivity index (χ2v) is 5.60. The maximum atomic E-state index is 12.1. The lowest BCUT2D eigenvalue weighted by molar-refractivity contribution is -0.166. The van der Waals surface area contributed by atoms with Crippen LogP contribution in [0.2, 0.25) is 0 Å². The summed E-state index contributed by atoms with van der Waals surface area (Å²) < 4.78 is 4.95. The number of carbonyl (C=O) groups is 2. The Labute approximate surface area is 108 Å². The lowest BCUT2D eigenvalue weighted by atomic mass is 10.2. The third-order valence-electron chi connectivity index (χ3n) is 2.48. The second kappa shape index (κ2) is 4.90. The van der Waals surface area contributed by atoms with Crippen LogP contribution in [0.5, 0.6) is 0 Å². The summed E-state index contributed by atoms with van der Waals surface area (Å²) >= 11 is 0. The quantitative estimate of drug-likeness (QED) is 0.435. The van der Waals surface area contributed by atoms with Gasteiger partial charge in [0.15, 0.2) is 0 Å². The van der Waals surface area contributed by atoms with Crippen LogP contribution in [0.4, 0.5) is 5.69 Å². The zero-order chi connectivity index (χ0) is 14.0. The van der Waals surface area contributed by atoms with Crippen LogP contribution in [0, 0.1) is 0 Å². The monoisotopic (exact) mass is 250 g/mol. The molecule has 0 aliphatic carbocycles. The van der Waals surface area contributed by atoms with Gasteiger partial charge in [0.25, 0.3) is 0 Å². The molecule has 0 bridgehead atoms. The smallest absolute Gasteiger partial charge is 0.438 e. The molecule has 0 saturated heterocycles. The van der Waals surface area contributed by atoms with Gasteiger partial charge in [-0.25, -0.2) is 14.1 Å². The van der Waals surface area contributed by atoms with Gasteiger partial charge in [-0.3, -0.25) is 0 Å². The molecular weight excluding hydrogens is 230 g/mol. The van der Waals surface area contributed by atoms with E-state index in [4.69, 9.17) is 4.74 Å². The number of quaternary nitrogens is 1. The van der Waals surface area contributed by atoms with E-state index < -0.39 is 17.5 Å². The molecule has 4 heteroatoms. The molecule has 0 aliphatic heterocycles. The highest BCUT2D eigenvalue weighted by Gasteiger charge is 2.38. The van der Waals surface area contributed by atoms with E-state index in [0.717, 1.165) is 5.69 Å². The molecule has 0 spiro atoms. The molecule has 1 rings (SSSR count). The molecule has 0 unspecified atom stereocenters. The number of carbonyl (C=O) groups excluding carboxylic acids is 2. The first-order valence-corrected chi connectivity index (χ1v) is 5.82. The molecule has 0 heterocycles. The maximum Gasteiger partial charge on any atom is 0.438 e. The Balaban J connectivity index is 2.93. The van der Waals surface area contributed by atoms with E-state index in [1.54, 1.807) is 34.9 Å². The zero-order valence-electron chi connectivity index (χ0n) is 11.6. The average Bonchev–Trinajstić information content (AvgIpc) is 2.27. The molecule has 0 atom stereocenters. The van der Waals surface area contributed by atoms with Crippen LogP contribution in [-0.2, 0) is 14.3 Å². The highest BCUT2D eigenvalue weighted by molar-refractivity contribution is 6.35.